The first kappa shape index (κ1) is 32.2. The van der Waals surface area contributed by atoms with Crippen LogP contribution in [0.1, 0.15) is 0 Å². The lowest BCUT2D eigenvalue weighted by atomic mass is 10.1. The molecule has 7 aromatic carbocycles. The molecule has 0 atom stereocenters. The molecule has 0 N–H and O–H groups in total. The number of rotatable bonds is 6. The lowest BCUT2D eigenvalue weighted by molar-refractivity contribution is 0.619. The van der Waals surface area contributed by atoms with Crippen LogP contribution in [0.3, 0.4) is 0 Å². The Kier molecular flexibility index (Phi) is 7.06. The predicted octanol–water partition coefficient (Wildman–Crippen LogP) is 12.5. The number of fused-ring (bicyclic) bond motifs is 6. The molecule has 5 aromatic heterocycles. The molecule has 0 spiro atoms. The maximum Gasteiger partial charge on any atom is 0.227 e. The van der Waals surface area contributed by atoms with E-state index in [1.54, 1.807) is 0 Å². The summed E-state index contributed by atoms with van der Waals surface area (Å²) in [5.41, 5.74) is 13.0. The fourth-order valence-electron chi connectivity index (χ4n) is 8.10. The van der Waals surface area contributed by atoms with Crippen molar-refractivity contribution >= 4 is 55.0 Å². The number of aromatic nitrogens is 6. The van der Waals surface area contributed by atoms with Gasteiger partial charge in [0.2, 0.25) is 11.8 Å². The molecule has 0 aliphatic carbocycles. The fourth-order valence-corrected chi connectivity index (χ4v) is 8.10. The molecule has 0 radical (unpaired) electrons. The Morgan fingerprint density at radius 2 is 0.983 bits per heavy atom. The molecule has 272 valence electrons. The normalized spacial score (nSPS) is 11.8. The maximum atomic E-state index is 6.45. The molecular formula is C50H30N6O2. The van der Waals surface area contributed by atoms with Crippen molar-refractivity contribution in [2.24, 2.45) is 0 Å². The minimum Gasteiger partial charge on any atom is -0.436 e. The minimum atomic E-state index is 0.557. The van der Waals surface area contributed by atoms with Gasteiger partial charge < -0.3 is 8.83 Å². The highest BCUT2D eigenvalue weighted by Gasteiger charge is 2.20. The van der Waals surface area contributed by atoms with Crippen molar-refractivity contribution in [3.8, 4) is 56.9 Å². The zero-order valence-corrected chi connectivity index (χ0v) is 30.8. The first-order chi connectivity index (χ1) is 28.7. The van der Waals surface area contributed by atoms with Crippen LogP contribution in [0.4, 0.5) is 0 Å². The smallest absolute Gasteiger partial charge is 0.227 e. The van der Waals surface area contributed by atoms with E-state index < -0.39 is 0 Å². The third-order valence-corrected chi connectivity index (χ3v) is 10.9. The first-order valence-corrected chi connectivity index (χ1v) is 19.1. The summed E-state index contributed by atoms with van der Waals surface area (Å²) in [4.78, 5) is 19.9. The molecule has 0 fully saturated rings. The third kappa shape index (κ3) is 5.16. The van der Waals surface area contributed by atoms with Gasteiger partial charge in [-0.15, -0.1) is 0 Å². The highest BCUT2D eigenvalue weighted by molar-refractivity contribution is 6.11. The zero-order valence-electron chi connectivity index (χ0n) is 30.8. The number of benzene rings is 7. The van der Waals surface area contributed by atoms with Crippen LogP contribution >= 0.6 is 0 Å². The molecule has 0 unspecified atom stereocenters. The fraction of sp³-hybridized carbons (Fsp3) is 0. The molecule has 0 bridgehead atoms. The van der Waals surface area contributed by atoms with Crippen LogP contribution in [0.25, 0.3) is 112 Å². The predicted molar refractivity (Wildman–Crippen MR) is 230 cm³/mol. The van der Waals surface area contributed by atoms with Crippen molar-refractivity contribution in [3.63, 3.8) is 0 Å². The molecule has 0 saturated carbocycles. The molecule has 8 nitrogen and oxygen atoms in total. The SMILES string of the molecule is c1ccc(-c2ccc3nc(-c4ccc5c(c4)c4cc(-c6nc7ccccc7o6)ccc4n5-c4ccc(-c5nc6ccccc6n5-c5ccccc5)cn4)oc3c2)cc1. The highest BCUT2D eigenvalue weighted by Crippen LogP contribution is 2.38. The maximum absolute atomic E-state index is 6.45. The average molecular weight is 747 g/mol. The Bertz CT molecular complexity index is 3470. The summed E-state index contributed by atoms with van der Waals surface area (Å²) in [7, 11) is 0. The number of hydrogen-bond acceptors (Lipinski definition) is 6. The van der Waals surface area contributed by atoms with Crippen molar-refractivity contribution in [2.45, 2.75) is 0 Å². The van der Waals surface area contributed by atoms with Crippen LogP contribution in [0.5, 0.6) is 0 Å². The quantitative estimate of drug-likeness (QED) is 0.168. The molecule has 12 aromatic rings. The van der Waals surface area contributed by atoms with Crippen LogP contribution in [0.2, 0.25) is 0 Å². The third-order valence-electron chi connectivity index (χ3n) is 10.9. The van der Waals surface area contributed by atoms with Gasteiger partial charge in [0.25, 0.3) is 0 Å². The van der Waals surface area contributed by atoms with Crippen molar-refractivity contribution in [1.29, 1.82) is 0 Å². The number of imidazole rings is 1. The van der Waals surface area contributed by atoms with Gasteiger partial charge in [-0.3, -0.25) is 9.13 Å². The number of hydrogen-bond donors (Lipinski definition) is 0. The number of nitrogens with zero attached hydrogens (tertiary/aromatic N) is 6. The van der Waals surface area contributed by atoms with E-state index in [1.807, 2.05) is 91.1 Å². The van der Waals surface area contributed by atoms with E-state index in [0.29, 0.717) is 11.8 Å². The Labute approximate surface area is 330 Å². The van der Waals surface area contributed by atoms with Crippen LogP contribution in [-0.4, -0.2) is 29.1 Å². The van der Waals surface area contributed by atoms with Gasteiger partial charge in [0.1, 0.15) is 22.7 Å². The van der Waals surface area contributed by atoms with Gasteiger partial charge in [-0.05, 0) is 108 Å². The topological polar surface area (TPSA) is 87.7 Å². The number of oxazole rings is 2. The molecule has 12 rings (SSSR count). The number of pyridine rings is 1. The van der Waals surface area contributed by atoms with Gasteiger partial charge in [-0.25, -0.2) is 19.9 Å². The Morgan fingerprint density at radius 1 is 0.379 bits per heavy atom. The van der Waals surface area contributed by atoms with E-state index in [0.717, 1.165) is 100 Å². The summed E-state index contributed by atoms with van der Waals surface area (Å²) in [6.07, 6.45) is 1.91. The summed E-state index contributed by atoms with van der Waals surface area (Å²) >= 11 is 0. The molecule has 0 aliphatic heterocycles. The zero-order chi connectivity index (χ0) is 38.2. The molecule has 0 aliphatic rings. The van der Waals surface area contributed by atoms with Crippen LogP contribution < -0.4 is 0 Å². The van der Waals surface area contributed by atoms with E-state index in [9.17, 15) is 0 Å². The Morgan fingerprint density at radius 3 is 1.69 bits per heavy atom. The van der Waals surface area contributed by atoms with Crippen LogP contribution in [0, 0.1) is 0 Å². The summed E-state index contributed by atoms with van der Waals surface area (Å²) in [5, 5.41) is 2.05. The Hall–Kier alpha value is -8.10. The summed E-state index contributed by atoms with van der Waals surface area (Å²) in [6.45, 7) is 0. The minimum absolute atomic E-state index is 0.557. The summed E-state index contributed by atoms with van der Waals surface area (Å²) in [6, 6.07) is 59.7. The van der Waals surface area contributed by atoms with Gasteiger partial charge in [-0.1, -0.05) is 78.9 Å². The van der Waals surface area contributed by atoms with Crippen molar-refractivity contribution in [3.05, 3.63) is 182 Å². The van der Waals surface area contributed by atoms with Gasteiger partial charge in [0.05, 0.1) is 22.1 Å². The van der Waals surface area contributed by atoms with E-state index in [1.165, 1.54) is 0 Å². The molecular weight excluding hydrogens is 717 g/mol. The monoisotopic (exact) mass is 746 g/mol. The summed E-state index contributed by atoms with van der Waals surface area (Å²) in [5.74, 6) is 2.73. The molecule has 58 heavy (non-hydrogen) atoms. The average Bonchev–Trinajstić information content (AvgIpc) is 4.08. The van der Waals surface area contributed by atoms with Gasteiger partial charge >= 0.3 is 0 Å². The van der Waals surface area contributed by atoms with Gasteiger partial charge in [0.15, 0.2) is 11.2 Å². The first-order valence-electron chi connectivity index (χ1n) is 19.1. The van der Waals surface area contributed by atoms with E-state index in [-0.39, 0.29) is 0 Å². The second kappa shape index (κ2) is 12.7. The van der Waals surface area contributed by atoms with Gasteiger partial charge in [0, 0.05) is 39.3 Å². The lowest BCUT2D eigenvalue weighted by Crippen LogP contribution is -2.00. The van der Waals surface area contributed by atoms with Gasteiger partial charge in [-0.2, -0.15) is 0 Å². The standard InChI is InChI=1S/C50H30N6O2/c1-3-11-31(12-4-1)32-19-23-41-46(29-32)58-50(54-41)34-21-25-43-38(28-34)37-27-33(49-53-40-16-8-10-18-45(40)57-49)20-24-42(37)56(43)47-26-22-35(30-51-47)48-52-39-15-7-9-17-44(39)55(48)36-13-5-2-6-14-36/h1-30H. The lowest BCUT2D eigenvalue weighted by Gasteiger charge is -2.11. The van der Waals surface area contributed by atoms with Crippen molar-refractivity contribution in [1.82, 2.24) is 29.1 Å². The van der Waals surface area contributed by atoms with Crippen molar-refractivity contribution in [2.75, 3.05) is 0 Å². The molecule has 5 heterocycles. The molecule has 0 amide bonds. The number of para-hydroxylation sites is 5. The van der Waals surface area contributed by atoms with E-state index >= 15 is 0 Å². The molecule has 8 heteroatoms. The second-order valence-corrected chi connectivity index (χ2v) is 14.4. The van der Waals surface area contributed by atoms with E-state index in [2.05, 4.69) is 100 Å². The van der Waals surface area contributed by atoms with Crippen LogP contribution in [-0.2, 0) is 0 Å². The Balaban J connectivity index is 1.01. The second-order valence-electron chi connectivity index (χ2n) is 14.4. The van der Waals surface area contributed by atoms with E-state index in [4.69, 9.17) is 28.8 Å². The van der Waals surface area contributed by atoms with Crippen molar-refractivity contribution < 1.29 is 8.83 Å². The highest BCUT2D eigenvalue weighted by atomic mass is 16.4. The largest absolute Gasteiger partial charge is 0.436 e. The van der Waals surface area contributed by atoms with Crippen LogP contribution in [0.15, 0.2) is 191 Å². The summed E-state index contributed by atoms with van der Waals surface area (Å²) < 4.78 is 17.1. The molecule has 0 saturated heterocycles.